The average molecular weight is 495 g/mol. The lowest BCUT2D eigenvalue weighted by atomic mass is 10.1. The maximum absolute atomic E-state index is 13.4. The summed E-state index contributed by atoms with van der Waals surface area (Å²) < 4.78 is 26.1. The van der Waals surface area contributed by atoms with Gasteiger partial charge in [0.1, 0.15) is 6.04 Å². The summed E-state index contributed by atoms with van der Waals surface area (Å²) in [6.45, 7) is 1.80. The fraction of sp³-hybridized carbons (Fsp3) is 0.269. The van der Waals surface area contributed by atoms with Crippen LogP contribution in [-0.2, 0) is 39.2 Å². The molecule has 3 rings (SSSR count). The molecule has 0 saturated carbocycles. The van der Waals surface area contributed by atoms with Crippen molar-refractivity contribution >= 4 is 21.8 Å². The van der Waals surface area contributed by atoms with Crippen LogP contribution in [-0.4, -0.2) is 53.3 Å². The van der Waals surface area contributed by atoms with Crippen molar-refractivity contribution in [2.24, 2.45) is 0 Å². The van der Waals surface area contributed by atoms with Gasteiger partial charge >= 0.3 is 0 Å². The third-order valence-corrected chi connectivity index (χ3v) is 6.76. The number of benzene rings is 2. The number of rotatable bonds is 11. The molecule has 1 aromatic heterocycles. The van der Waals surface area contributed by atoms with Gasteiger partial charge in [0.2, 0.25) is 21.8 Å². The van der Waals surface area contributed by atoms with Gasteiger partial charge in [-0.1, -0.05) is 60.7 Å². The van der Waals surface area contributed by atoms with Crippen LogP contribution in [0, 0.1) is 0 Å². The van der Waals surface area contributed by atoms with Crippen molar-refractivity contribution in [1.29, 1.82) is 0 Å². The summed E-state index contributed by atoms with van der Waals surface area (Å²) in [4.78, 5) is 31.8. The monoisotopic (exact) mass is 494 g/mol. The van der Waals surface area contributed by atoms with Crippen LogP contribution in [0.15, 0.2) is 85.2 Å². The highest BCUT2D eigenvalue weighted by Crippen LogP contribution is 2.14. The van der Waals surface area contributed by atoms with Crippen molar-refractivity contribution < 1.29 is 18.0 Å². The lowest BCUT2D eigenvalue weighted by Gasteiger charge is -2.31. The van der Waals surface area contributed by atoms with Crippen molar-refractivity contribution in [2.75, 3.05) is 12.8 Å². The maximum atomic E-state index is 13.4. The molecule has 1 N–H and O–H groups in total. The predicted molar refractivity (Wildman–Crippen MR) is 134 cm³/mol. The number of carbonyl (C=O) groups is 2. The highest BCUT2D eigenvalue weighted by molar-refractivity contribution is 7.88. The van der Waals surface area contributed by atoms with Crippen LogP contribution >= 0.6 is 0 Å². The van der Waals surface area contributed by atoms with E-state index in [1.54, 1.807) is 43.6 Å². The lowest BCUT2D eigenvalue weighted by molar-refractivity contribution is -0.140. The van der Waals surface area contributed by atoms with E-state index < -0.39 is 22.0 Å². The van der Waals surface area contributed by atoms with Gasteiger partial charge in [-0.15, -0.1) is 0 Å². The minimum atomic E-state index is -3.68. The summed E-state index contributed by atoms with van der Waals surface area (Å²) in [5.74, 6) is -0.790. The molecule has 0 unspecified atom stereocenters. The first-order valence-corrected chi connectivity index (χ1v) is 13.1. The Balaban J connectivity index is 1.78. The topological polar surface area (TPSA) is 99.7 Å². The first-order chi connectivity index (χ1) is 16.7. The molecular weight excluding hydrogens is 464 g/mol. The third-order valence-electron chi connectivity index (χ3n) is 5.56. The number of nitrogens with zero attached hydrogens (tertiary/aromatic N) is 3. The molecule has 0 fully saturated rings. The number of hydrogen-bond donors (Lipinski definition) is 1. The molecular formula is C26H30N4O4S. The normalized spacial score (nSPS) is 12.2. The van der Waals surface area contributed by atoms with Crippen molar-refractivity contribution in [3.05, 3.63) is 102 Å². The van der Waals surface area contributed by atoms with Gasteiger partial charge in [0.05, 0.1) is 12.8 Å². The van der Waals surface area contributed by atoms with Crippen LogP contribution in [0.3, 0.4) is 0 Å². The number of pyridine rings is 1. The SMILES string of the molecule is C[C@@H](C(=O)NCc1ccncc1)N(Cc1ccccc1)C(=O)CN(Cc1ccccc1)S(C)(=O)=O. The van der Waals surface area contributed by atoms with E-state index in [9.17, 15) is 18.0 Å². The Morgan fingerprint density at radius 1 is 0.857 bits per heavy atom. The molecule has 0 aliphatic rings. The van der Waals surface area contributed by atoms with Gasteiger partial charge in [0.25, 0.3) is 0 Å². The summed E-state index contributed by atoms with van der Waals surface area (Å²) in [5.41, 5.74) is 2.49. The van der Waals surface area contributed by atoms with E-state index in [4.69, 9.17) is 0 Å². The van der Waals surface area contributed by atoms with E-state index in [2.05, 4.69) is 10.3 Å². The largest absolute Gasteiger partial charge is 0.350 e. The van der Waals surface area contributed by atoms with Crippen molar-refractivity contribution in [3.8, 4) is 0 Å². The predicted octanol–water partition coefficient (Wildman–Crippen LogP) is 2.58. The quantitative estimate of drug-likeness (QED) is 0.442. The molecule has 0 aliphatic heterocycles. The highest BCUT2D eigenvalue weighted by Gasteiger charge is 2.29. The second-order valence-corrected chi connectivity index (χ2v) is 10.3. The first-order valence-electron chi connectivity index (χ1n) is 11.2. The van der Waals surface area contributed by atoms with Crippen LogP contribution in [0.2, 0.25) is 0 Å². The molecule has 35 heavy (non-hydrogen) atoms. The average Bonchev–Trinajstić information content (AvgIpc) is 2.86. The third kappa shape index (κ3) is 8.01. The molecule has 2 amide bonds. The Morgan fingerprint density at radius 2 is 1.40 bits per heavy atom. The summed E-state index contributed by atoms with van der Waals surface area (Å²) >= 11 is 0. The standard InChI is InChI=1S/C26H30N4O4S/c1-21(26(32)28-17-22-13-15-27-16-14-22)30(19-24-11-7-4-8-12-24)25(31)20-29(35(2,33)34)18-23-9-5-3-6-10-23/h3-16,21H,17-20H2,1-2H3,(H,28,32)/t21-/m0/s1. The van der Waals surface area contributed by atoms with E-state index in [-0.39, 0.29) is 25.5 Å². The van der Waals surface area contributed by atoms with E-state index in [1.807, 2.05) is 48.5 Å². The molecule has 0 bridgehead atoms. The molecule has 2 aromatic carbocycles. The molecule has 3 aromatic rings. The van der Waals surface area contributed by atoms with Crippen LogP contribution < -0.4 is 5.32 Å². The van der Waals surface area contributed by atoms with Crippen molar-refractivity contribution in [3.63, 3.8) is 0 Å². The van der Waals surface area contributed by atoms with Gasteiger partial charge in [0.15, 0.2) is 0 Å². The Hall–Kier alpha value is -3.56. The Morgan fingerprint density at radius 3 is 1.94 bits per heavy atom. The van der Waals surface area contributed by atoms with Gasteiger partial charge in [-0.25, -0.2) is 8.42 Å². The summed E-state index contributed by atoms with van der Waals surface area (Å²) in [6.07, 6.45) is 4.36. The van der Waals surface area contributed by atoms with E-state index >= 15 is 0 Å². The van der Waals surface area contributed by atoms with Gasteiger partial charge in [0, 0.05) is 32.0 Å². The van der Waals surface area contributed by atoms with Crippen LogP contribution in [0.5, 0.6) is 0 Å². The van der Waals surface area contributed by atoms with Gasteiger partial charge in [-0.05, 0) is 35.7 Å². The summed E-state index contributed by atoms with van der Waals surface area (Å²) in [7, 11) is -3.68. The Labute approximate surface area is 206 Å². The zero-order valence-electron chi connectivity index (χ0n) is 19.9. The number of nitrogens with one attached hydrogen (secondary N) is 1. The zero-order chi connectivity index (χ0) is 25.3. The highest BCUT2D eigenvalue weighted by atomic mass is 32.2. The second kappa shape index (κ2) is 12.2. The lowest BCUT2D eigenvalue weighted by Crippen LogP contribution is -2.50. The number of carbonyl (C=O) groups excluding carboxylic acids is 2. The fourth-order valence-electron chi connectivity index (χ4n) is 3.52. The molecule has 1 atom stereocenters. The molecule has 0 radical (unpaired) electrons. The fourth-order valence-corrected chi connectivity index (χ4v) is 4.25. The molecule has 9 heteroatoms. The second-order valence-electron chi connectivity index (χ2n) is 8.27. The molecule has 0 spiro atoms. The minimum absolute atomic E-state index is 0.0627. The van der Waals surface area contributed by atoms with E-state index in [0.717, 1.165) is 27.3 Å². The summed E-state index contributed by atoms with van der Waals surface area (Å²) in [6, 6.07) is 21.1. The van der Waals surface area contributed by atoms with Gasteiger partial charge < -0.3 is 10.2 Å². The number of aromatic nitrogens is 1. The molecule has 0 aliphatic carbocycles. The first kappa shape index (κ1) is 26.1. The van der Waals surface area contributed by atoms with Gasteiger partial charge in [-0.2, -0.15) is 4.31 Å². The summed E-state index contributed by atoms with van der Waals surface area (Å²) in [5, 5.41) is 2.85. The van der Waals surface area contributed by atoms with Crippen LogP contribution in [0.4, 0.5) is 0 Å². The number of amides is 2. The maximum Gasteiger partial charge on any atom is 0.242 e. The van der Waals surface area contributed by atoms with Crippen molar-refractivity contribution in [1.82, 2.24) is 19.5 Å². The van der Waals surface area contributed by atoms with Crippen LogP contribution in [0.25, 0.3) is 0 Å². The minimum Gasteiger partial charge on any atom is -0.350 e. The van der Waals surface area contributed by atoms with E-state index in [0.29, 0.717) is 6.54 Å². The molecule has 1 heterocycles. The molecule has 184 valence electrons. The number of hydrogen-bond acceptors (Lipinski definition) is 5. The van der Waals surface area contributed by atoms with Crippen molar-refractivity contribution in [2.45, 2.75) is 32.6 Å². The zero-order valence-corrected chi connectivity index (χ0v) is 20.7. The molecule has 0 saturated heterocycles. The van der Waals surface area contributed by atoms with E-state index in [1.165, 1.54) is 4.90 Å². The smallest absolute Gasteiger partial charge is 0.242 e. The Kier molecular flexibility index (Phi) is 9.11. The van der Waals surface area contributed by atoms with Gasteiger partial charge in [-0.3, -0.25) is 14.6 Å². The number of sulfonamides is 1. The molecule has 8 nitrogen and oxygen atoms in total. The Bertz CT molecular complexity index is 1210. The van der Waals surface area contributed by atoms with Crippen LogP contribution in [0.1, 0.15) is 23.6 Å².